The summed E-state index contributed by atoms with van der Waals surface area (Å²) >= 11 is 3.19. The molecule has 1 N–H and O–H groups in total. The van der Waals surface area contributed by atoms with Gasteiger partial charge in [0.15, 0.2) is 4.73 Å². The van der Waals surface area contributed by atoms with Gasteiger partial charge in [0.1, 0.15) is 36.2 Å². The molecule has 0 amide bonds. The Bertz CT molecular complexity index is 809. The quantitative estimate of drug-likeness (QED) is 0.720. The summed E-state index contributed by atoms with van der Waals surface area (Å²) in [6.45, 7) is -0.210. The summed E-state index contributed by atoms with van der Waals surface area (Å²) < 4.78 is 30.5. The minimum absolute atomic E-state index is 0.0724. The molecule has 1 unspecified atom stereocenters. The Morgan fingerprint density at radius 2 is 2.00 bits per heavy atom. The van der Waals surface area contributed by atoms with Crippen molar-refractivity contribution in [1.82, 2.24) is 29.5 Å². The SMILES string of the molecule is OC(Cn1cncn1)(Cn1ncnc1Br)c1ccc(F)cc1F. The van der Waals surface area contributed by atoms with Crippen LogP contribution in [-0.4, -0.2) is 34.6 Å². The lowest BCUT2D eigenvalue weighted by atomic mass is 9.93. The minimum Gasteiger partial charge on any atom is -0.381 e. The summed E-state index contributed by atoms with van der Waals surface area (Å²) in [6.07, 6.45) is 3.98. The standard InChI is InChI=1S/C13H11BrF2N6O/c14-12-18-7-20-22(12)5-13(23,4-21-8-17-6-19-21)10-2-1-9(15)3-11(10)16/h1-3,6-8,23H,4-5H2. The van der Waals surface area contributed by atoms with E-state index in [-0.39, 0.29) is 18.7 Å². The van der Waals surface area contributed by atoms with E-state index in [2.05, 4.69) is 36.1 Å². The first-order valence-corrected chi connectivity index (χ1v) is 7.31. The molecule has 23 heavy (non-hydrogen) atoms. The summed E-state index contributed by atoms with van der Waals surface area (Å²) in [4.78, 5) is 7.69. The van der Waals surface area contributed by atoms with E-state index >= 15 is 0 Å². The molecule has 0 bridgehead atoms. The molecular formula is C13H11BrF2N6O. The van der Waals surface area contributed by atoms with Crippen LogP contribution < -0.4 is 0 Å². The number of nitrogens with zero attached hydrogens (tertiary/aromatic N) is 6. The number of aliphatic hydroxyl groups is 1. The van der Waals surface area contributed by atoms with Gasteiger partial charge in [-0.3, -0.25) is 0 Å². The fourth-order valence-corrected chi connectivity index (χ4v) is 2.58. The monoisotopic (exact) mass is 384 g/mol. The summed E-state index contributed by atoms with van der Waals surface area (Å²) in [5.74, 6) is -1.58. The third-order valence-corrected chi connectivity index (χ3v) is 3.92. The topological polar surface area (TPSA) is 81.6 Å². The molecule has 0 radical (unpaired) electrons. The Morgan fingerprint density at radius 1 is 1.17 bits per heavy atom. The largest absolute Gasteiger partial charge is 0.381 e. The van der Waals surface area contributed by atoms with Crippen LogP contribution in [0.5, 0.6) is 0 Å². The van der Waals surface area contributed by atoms with Gasteiger partial charge in [-0.15, -0.1) is 0 Å². The normalized spacial score (nSPS) is 13.9. The Morgan fingerprint density at radius 3 is 2.61 bits per heavy atom. The summed E-state index contributed by atoms with van der Waals surface area (Å²) in [6, 6.07) is 3.01. The minimum atomic E-state index is -1.73. The van der Waals surface area contributed by atoms with Crippen LogP contribution in [0.1, 0.15) is 5.56 Å². The average Bonchev–Trinajstić information content (AvgIpc) is 3.11. The number of hydrogen-bond acceptors (Lipinski definition) is 5. The van der Waals surface area contributed by atoms with E-state index in [1.165, 1.54) is 34.4 Å². The number of aromatic nitrogens is 6. The van der Waals surface area contributed by atoms with E-state index in [1.807, 2.05) is 0 Å². The lowest BCUT2D eigenvalue weighted by Crippen LogP contribution is -2.38. The molecule has 7 nitrogen and oxygen atoms in total. The maximum absolute atomic E-state index is 14.2. The molecule has 3 aromatic rings. The van der Waals surface area contributed by atoms with Crippen LogP contribution in [0.3, 0.4) is 0 Å². The molecule has 0 spiro atoms. The molecule has 3 rings (SSSR count). The van der Waals surface area contributed by atoms with Crippen LogP contribution in [-0.2, 0) is 18.7 Å². The van der Waals surface area contributed by atoms with Crippen LogP contribution in [0.2, 0.25) is 0 Å². The van der Waals surface area contributed by atoms with Crippen LogP contribution in [0.4, 0.5) is 8.78 Å². The summed E-state index contributed by atoms with van der Waals surface area (Å²) in [5, 5.41) is 18.9. The van der Waals surface area contributed by atoms with E-state index in [1.54, 1.807) is 0 Å². The van der Waals surface area contributed by atoms with Gasteiger partial charge in [0.25, 0.3) is 0 Å². The first kappa shape index (κ1) is 15.7. The van der Waals surface area contributed by atoms with Gasteiger partial charge >= 0.3 is 0 Å². The number of hydrogen-bond donors (Lipinski definition) is 1. The maximum atomic E-state index is 14.2. The van der Waals surface area contributed by atoms with Gasteiger partial charge in [-0.25, -0.2) is 28.1 Å². The van der Waals surface area contributed by atoms with E-state index in [0.717, 1.165) is 12.1 Å². The van der Waals surface area contributed by atoms with Crippen LogP contribution in [0.15, 0.2) is 41.9 Å². The smallest absolute Gasteiger partial charge is 0.195 e. The van der Waals surface area contributed by atoms with Crippen LogP contribution >= 0.6 is 15.9 Å². The zero-order chi connectivity index (χ0) is 16.4. The Hall–Kier alpha value is -2.20. The Balaban J connectivity index is 2.03. The Labute approximate surface area is 137 Å². The highest BCUT2D eigenvalue weighted by molar-refractivity contribution is 9.10. The lowest BCUT2D eigenvalue weighted by molar-refractivity contribution is -0.00917. The second kappa shape index (κ2) is 6.13. The number of benzene rings is 1. The van der Waals surface area contributed by atoms with Crippen molar-refractivity contribution in [3.63, 3.8) is 0 Å². The molecule has 2 heterocycles. The number of halogens is 3. The number of rotatable bonds is 5. The molecule has 0 saturated heterocycles. The molecule has 1 aromatic carbocycles. The molecule has 1 atom stereocenters. The molecular weight excluding hydrogens is 374 g/mol. The second-order valence-electron chi connectivity index (χ2n) is 4.94. The fourth-order valence-electron chi connectivity index (χ4n) is 2.27. The van der Waals surface area contributed by atoms with E-state index < -0.39 is 17.2 Å². The highest BCUT2D eigenvalue weighted by atomic mass is 79.9. The van der Waals surface area contributed by atoms with Gasteiger partial charge in [0, 0.05) is 11.6 Å². The Kier molecular flexibility index (Phi) is 4.18. The third-order valence-electron chi connectivity index (χ3n) is 3.30. The summed E-state index contributed by atoms with van der Waals surface area (Å²) in [7, 11) is 0. The van der Waals surface area contributed by atoms with Crippen molar-refractivity contribution < 1.29 is 13.9 Å². The molecule has 0 aliphatic heterocycles. The van der Waals surface area contributed by atoms with E-state index in [4.69, 9.17) is 0 Å². The van der Waals surface area contributed by atoms with Crippen molar-refractivity contribution in [3.05, 3.63) is 59.1 Å². The van der Waals surface area contributed by atoms with Gasteiger partial charge in [0.05, 0.1) is 13.1 Å². The predicted molar refractivity (Wildman–Crippen MR) is 78.0 cm³/mol. The lowest BCUT2D eigenvalue weighted by Gasteiger charge is -2.28. The first-order chi connectivity index (χ1) is 11.0. The van der Waals surface area contributed by atoms with Crippen molar-refractivity contribution in [2.24, 2.45) is 0 Å². The molecule has 0 aliphatic carbocycles. The molecule has 0 aliphatic rings. The zero-order valence-electron chi connectivity index (χ0n) is 11.6. The van der Waals surface area contributed by atoms with E-state index in [9.17, 15) is 13.9 Å². The van der Waals surface area contributed by atoms with Crippen LogP contribution in [0, 0.1) is 11.6 Å². The zero-order valence-corrected chi connectivity index (χ0v) is 13.2. The van der Waals surface area contributed by atoms with Crippen molar-refractivity contribution in [3.8, 4) is 0 Å². The molecule has 0 fully saturated rings. The van der Waals surface area contributed by atoms with Crippen molar-refractivity contribution in [1.29, 1.82) is 0 Å². The highest BCUT2D eigenvalue weighted by Gasteiger charge is 2.35. The van der Waals surface area contributed by atoms with Crippen LogP contribution in [0.25, 0.3) is 0 Å². The van der Waals surface area contributed by atoms with Gasteiger partial charge in [-0.1, -0.05) is 6.07 Å². The van der Waals surface area contributed by atoms with Gasteiger partial charge in [0.2, 0.25) is 0 Å². The van der Waals surface area contributed by atoms with Crippen molar-refractivity contribution >= 4 is 15.9 Å². The summed E-state index contributed by atoms with van der Waals surface area (Å²) in [5.41, 5.74) is -1.81. The van der Waals surface area contributed by atoms with Gasteiger partial charge in [-0.05, 0) is 22.0 Å². The maximum Gasteiger partial charge on any atom is 0.195 e. The van der Waals surface area contributed by atoms with Crippen molar-refractivity contribution in [2.45, 2.75) is 18.7 Å². The highest BCUT2D eigenvalue weighted by Crippen LogP contribution is 2.29. The van der Waals surface area contributed by atoms with Gasteiger partial charge in [-0.2, -0.15) is 10.2 Å². The molecule has 10 heteroatoms. The second-order valence-corrected chi connectivity index (χ2v) is 5.64. The van der Waals surface area contributed by atoms with Gasteiger partial charge < -0.3 is 5.11 Å². The average molecular weight is 385 g/mol. The van der Waals surface area contributed by atoms with Crippen molar-refractivity contribution in [2.75, 3.05) is 0 Å². The molecule has 2 aromatic heterocycles. The molecule has 0 saturated carbocycles. The van der Waals surface area contributed by atoms with E-state index in [0.29, 0.717) is 4.73 Å². The third kappa shape index (κ3) is 3.27. The predicted octanol–water partition coefficient (Wildman–Crippen LogP) is 1.50. The molecule has 120 valence electrons. The first-order valence-electron chi connectivity index (χ1n) is 6.51. The fraction of sp³-hybridized carbons (Fsp3) is 0.231.